The highest BCUT2D eigenvalue weighted by molar-refractivity contribution is 5.35. The summed E-state index contributed by atoms with van der Waals surface area (Å²) in [6.45, 7) is 7.48. The quantitative estimate of drug-likeness (QED) is 0.920. The van der Waals surface area contributed by atoms with Gasteiger partial charge in [0.1, 0.15) is 12.1 Å². The third kappa shape index (κ3) is 4.38. The van der Waals surface area contributed by atoms with E-state index in [1.807, 2.05) is 13.0 Å². The first-order valence-corrected chi connectivity index (χ1v) is 8.15. The fourth-order valence-electron chi connectivity index (χ4n) is 3.32. The van der Waals surface area contributed by atoms with E-state index in [9.17, 15) is 0 Å². The van der Waals surface area contributed by atoms with E-state index in [1.54, 1.807) is 6.33 Å². The van der Waals surface area contributed by atoms with E-state index in [0.29, 0.717) is 6.04 Å². The zero-order valence-electron chi connectivity index (χ0n) is 12.9. The van der Waals surface area contributed by atoms with Crippen LogP contribution in [0.3, 0.4) is 0 Å². The Balaban J connectivity index is 1.42. The van der Waals surface area contributed by atoms with Gasteiger partial charge in [-0.3, -0.25) is 0 Å². The number of likely N-dealkylation sites (tertiary alicyclic amines) is 1. The number of aryl methyl sites for hydroxylation is 1. The van der Waals surface area contributed by atoms with Gasteiger partial charge in [-0.15, -0.1) is 0 Å². The monoisotopic (exact) mass is 290 g/mol. The molecular weight excluding hydrogens is 264 g/mol. The molecule has 0 spiro atoms. The first-order valence-electron chi connectivity index (χ1n) is 8.15. The van der Waals surface area contributed by atoms with Crippen molar-refractivity contribution in [1.82, 2.24) is 14.9 Å². The van der Waals surface area contributed by atoms with E-state index >= 15 is 0 Å². The molecule has 116 valence electrons. The number of hydrogen-bond acceptors (Lipinski definition) is 5. The van der Waals surface area contributed by atoms with Gasteiger partial charge in [0.15, 0.2) is 0 Å². The summed E-state index contributed by atoms with van der Waals surface area (Å²) in [4.78, 5) is 11.0. The van der Waals surface area contributed by atoms with Crippen LogP contribution < -0.4 is 5.32 Å². The van der Waals surface area contributed by atoms with Crippen molar-refractivity contribution in [3.63, 3.8) is 0 Å². The zero-order valence-corrected chi connectivity index (χ0v) is 12.9. The van der Waals surface area contributed by atoms with Gasteiger partial charge in [0.05, 0.1) is 6.61 Å². The molecule has 0 amide bonds. The largest absolute Gasteiger partial charge is 0.381 e. The van der Waals surface area contributed by atoms with Crippen molar-refractivity contribution in [2.45, 2.75) is 38.6 Å². The SMILES string of the molecule is Cc1cc(NC2CCN(CC3CCCOC3)CC2)ncn1. The van der Waals surface area contributed by atoms with Gasteiger partial charge >= 0.3 is 0 Å². The maximum Gasteiger partial charge on any atom is 0.129 e. The van der Waals surface area contributed by atoms with Gasteiger partial charge in [0.25, 0.3) is 0 Å². The van der Waals surface area contributed by atoms with Crippen molar-refractivity contribution in [2.75, 3.05) is 38.2 Å². The van der Waals surface area contributed by atoms with E-state index < -0.39 is 0 Å². The molecule has 1 unspecified atom stereocenters. The van der Waals surface area contributed by atoms with Crippen molar-refractivity contribution in [3.8, 4) is 0 Å². The van der Waals surface area contributed by atoms with Gasteiger partial charge in [-0.1, -0.05) is 0 Å². The fraction of sp³-hybridized carbons (Fsp3) is 0.750. The van der Waals surface area contributed by atoms with Gasteiger partial charge in [0.2, 0.25) is 0 Å². The number of hydrogen-bond donors (Lipinski definition) is 1. The Hall–Kier alpha value is -1.20. The molecule has 5 nitrogen and oxygen atoms in total. The molecule has 5 heteroatoms. The second-order valence-corrected chi connectivity index (χ2v) is 6.35. The molecule has 1 atom stereocenters. The molecule has 1 aromatic heterocycles. The van der Waals surface area contributed by atoms with Crippen LogP contribution in [0.15, 0.2) is 12.4 Å². The number of nitrogens with one attached hydrogen (secondary N) is 1. The smallest absolute Gasteiger partial charge is 0.129 e. The van der Waals surface area contributed by atoms with Crippen LogP contribution in [0, 0.1) is 12.8 Å². The molecule has 21 heavy (non-hydrogen) atoms. The number of anilines is 1. The Morgan fingerprint density at radius 2 is 2.14 bits per heavy atom. The highest BCUT2D eigenvalue weighted by Crippen LogP contribution is 2.19. The number of ether oxygens (including phenoxy) is 1. The van der Waals surface area contributed by atoms with Crippen LogP contribution in [-0.2, 0) is 4.74 Å². The Kier molecular flexibility index (Phi) is 5.04. The summed E-state index contributed by atoms with van der Waals surface area (Å²) in [7, 11) is 0. The standard InChI is InChI=1S/C16H26N4O/c1-13-9-16(18-12-17-13)19-15-4-6-20(7-5-15)10-14-3-2-8-21-11-14/h9,12,14-15H,2-8,10-11H2,1H3,(H,17,18,19). The summed E-state index contributed by atoms with van der Waals surface area (Å²) in [6.07, 6.45) is 6.58. The molecule has 1 N–H and O–H groups in total. The predicted octanol–water partition coefficient (Wildman–Crippen LogP) is 2.09. The number of nitrogens with zero attached hydrogens (tertiary/aromatic N) is 3. The third-order valence-electron chi connectivity index (χ3n) is 4.51. The molecule has 0 saturated carbocycles. The van der Waals surface area contributed by atoms with Crippen molar-refractivity contribution in [3.05, 3.63) is 18.1 Å². The minimum atomic E-state index is 0.540. The minimum Gasteiger partial charge on any atom is -0.381 e. The summed E-state index contributed by atoms with van der Waals surface area (Å²) in [5.41, 5.74) is 1.02. The first kappa shape index (κ1) is 14.7. The normalized spacial score (nSPS) is 24.9. The van der Waals surface area contributed by atoms with Crippen molar-refractivity contribution in [1.29, 1.82) is 0 Å². The van der Waals surface area contributed by atoms with Crippen molar-refractivity contribution in [2.24, 2.45) is 5.92 Å². The summed E-state index contributed by atoms with van der Waals surface area (Å²) in [5.74, 6) is 1.70. The first-order chi connectivity index (χ1) is 10.3. The number of rotatable bonds is 4. The molecule has 2 aliphatic rings. The summed E-state index contributed by atoms with van der Waals surface area (Å²) in [5, 5.41) is 3.54. The van der Waals surface area contributed by atoms with E-state index in [1.165, 1.54) is 45.3 Å². The van der Waals surface area contributed by atoms with Gasteiger partial charge in [-0.2, -0.15) is 0 Å². The molecule has 0 aliphatic carbocycles. The van der Waals surface area contributed by atoms with Crippen LogP contribution in [-0.4, -0.2) is 53.8 Å². The van der Waals surface area contributed by atoms with Crippen LogP contribution >= 0.6 is 0 Å². The third-order valence-corrected chi connectivity index (χ3v) is 4.51. The molecule has 3 heterocycles. The van der Waals surface area contributed by atoms with E-state index in [4.69, 9.17) is 4.74 Å². The maximum absolute atomic E-state index is 5.58. The Morgan fingerprint density at radius 1 is 1.29 bits per heavy atom. The van der Waals surface area contributed by atoms with E-state index in [-0.39, 0.29) is 0 Å². The summed E-state index contributed by atoms with van der Waals surface area (Å²) < 4.78 is 5.58. The van der Waals surface area contributed by atoms with E-state index in [2.05, 4.69) is 20.2 Å². The van der Waals surface area contributed by atoms with Crippen LogP contribution in [0.5, 0.6) is 0 Å². The molecule has 1 aromatic rings. The van der Waals surface area contributed by atoms with Crippen LogP contribution in [0.4, 0.5) is 5.82 Å². The Bertz CT molecular complexity index is 440. The molecule has 0 bridgehead atoms. The molecule has 2 saturated heterocycles. The Labute approximate surface area is 127 Å². The molecule has 0 radical (unpaired) electrons. The highest BCUT2D eigenvalue weighted by atomic mass is 16.5. The topological polar surface area (TPSA) is 50.3 Å². The second-order valence-electron chi connectivity index (χ2n) is 6.35. The zero-order chi connectivity index (χ0) is 14.5. The van der Waals surface area contributed by atoms with Crippen LogP contribution in [0.25, 0.3) is 0 Å². The lowest BCUT2D eigenvalue weighted by Crippen LogP contribution is -2.42. The summed E-state index contributed by atoms with van der Waals surface area (Å²) in [6, 6.07) is 2.56. The molecule has 0 aromatic carbocycles. The number of aromatic nitrogens is 2. The lowest BCUT2D eigenvalue weighted by atomic mass is 9.99. The van der Waals surface area contributed by atoms with Crippen molar-refractivity contribution >= 4 is 5.82 Å². The lowest BCUT2D eigenvalue weighted by Gasteiger charge is -2.35. The van der Waals surface area contributed by atoms with Gasteiger partial charge in [-0.25, -0.2) is 9.97 Å². The minimum absolute atomic E-state index is 0.540. The fourth-order valence-corrected chi connectivity index (χ4v) is 3.32. The lowest BCUT2D eigenvalue weighted by molar-refractivity contribution is 0.0351. The molecular formula is C16H26N4O. The predicted molar refractivity (Wildman–Crippen MR) is 83.4 cm³/mol. The van der Waals surface area contributed by atoms with E-state index in [0.717, 1.165) is 30.6 Å². The molecule has 3 rings (SSSR count). The van der Waals surface area contributed by atoms with Gasteiger partial charge in [-0.05, 0) is 38.5 Å². The summed E-state index contributed by atoms with van der Waals surface area (Å²) >= 11 is 0. The second kappa shape index (κ2) is 7.18. The number of piperidine rings is 1. The van der Waals surface area contributed by atoms with Crippen molar-refractivity contribution < 1.29 is 4.74 Å². The van der Waals surface area contributed by atoms with Crippen LogP contribution in [0.1, 0.15) is 31.4 Å². The Morgan fingerprint density at radius 3 is 2.86 bits per heavy atom. The highest BCUT2D eigenvalue weighted by Gasteiger charge is 2.23. The van der Waals surface area contributed by atoms with Gasteiger partial charge < -0.3 is 15.0 Å². The maximum atomic E-state index is 5.58. The average molecular weight is 290 g/mol. The molecule has 2 aliphatic heterocycles. The van der Waals surface area contributed by atoms with Gasteiger partial charge in [0, 0.05) is 44.0 Å². The molecule has 2 fully saturated rings. The average Bonchev–Trinajstić information content (AvgIpc) is 2.50. The van der Waals surface area contributed by atoms with Crippen LogP contribution in [0.2, 0.25) is 0 Å².